The second-order valence-electron chi connectivity index (χ2n) is 3.91. The minimum atomic E-state index is -0.532. The average Bonchev–Trinajstić information content (AvgIpc) is 2.31. The number of nitrogens with two attached hydrogens (primary N) is 1. The third-order valence-electron chi connectivity index (χ3n) is 2.79. The smallest absolute Gasteiger partial charge is 0.231 e. The number of halogens is 1. The van der Waals surface area contributed by atoms with Gasteiger partial charge in [-0.15, -0.1) is 0 Å². The normalized spacial score (nSPS) is 14.2. The maximum atomic E-state index is 12.0. The number of nitrogens with one attached hydrogen (secondary N) is 1. The van der Waals surface area contributed by atoms with Crippen molar-refractivity contribution in [3.63, 3.8) is 0 Å². The first-order chi connectivity index (χ1) is 7.53. The molecule has 1 unspecified atom stereocenters. The molecule has 88 valence electrons. The first-order valence-corrected chi connectivity index (χ1v) is 5.95. The summed E-state index contributed by atoms with van der Waals surface area (Å²) >= 11 is 3.28. The minimum absolute atomic E-state index is 0.0776. The molecule has 1 rings (SSSR count). The van der Waals surface area contributed by atoms with Gasteiger partial charge >= 0.3 is 0 Å². The molecule has 0 bridgehead atoms. The summed E-state index contributed by atoms with van der Waals surface area (Å²) in [4.78, 5) is 16.0. The Labute approximate surface area is 104 Å². The van der Waals surface area contributed by atoms with Crippen molar-refractivity contribution in [1.82, 2.24) is 4.98 Å². The highest BCUT2D eigenvalue weighted by Crippen LogP contribution is 2.24. The topological polar surface area (TPSA) is 68.0 Å². The van der Waals surface area contributed by atoms with Crippen LogP contribution in [0.2, 0.25) is 0 Å². The monoisotopic (exact) mass is 285 g/mol. The van der Waals surface area contributed by atoms with Crippen molar-refractivity contribution in [3.8, 4) is 0 Å². The van der Waals surface area contributed by atoms with Crippen LogP contribution >= 0.6 is 15.9 Å². The number of hydrogen-bond acceptors (Lipinski definition) is 3. The van der Waals surface area contributed by atoms with E-state index in [1.165, 1.54) is 0 Å². The van der Waals surface area contributed by atoms with Crippen LogP contribution in [0.4, 0.5) is 5.69 Å². The Bertz CT molecular complexity index is 377. The van der Waals surface area contributed by atoms with Gasteiger partial charge in [0.05, 0.1) is 11.1 Å². The zero-order valence-corrected chi connectivity index (χ0v) is 11.0. The lowest BCUT2D eigenvalue weighted by molar-refractivity contribution is -0.124. The van der Waals surface area contributed by atoms with Crippen LogP contribution in [0.5, 0.6) is 0 Å². The number of carbonyl (C=O) groups excluding carboxylic acids is 1. The quantitative estimate of drug-likeness (QED) is 0.833. The lowest BCUT2D eigenvalue weighted by Gasteiger charge is -2.25. The fourth-order valence-corrected chi connectivity index (χ4v) is 1.50. The van der Waals surface area contributed by atoms with Gasteiger partial charge in [0.15, 0.2) is 0 Å². The number of amides is 1. The summed E-state index contributed by atoms with van der Waals surface area (Å²) in [5.41, 5.74) is 5.76. The molecule has 1 aromatic heterocycles. The van der Waals surface area contributed by atoms with E-state index in [0.29, 0.717) is 23.3 Å². The molecule has 0 aliphatic carbocycles. The first-order valence-electron chi connectivity index (χ1n) is 5.15. The molecule has 0 radical (unpaired) electrons. The molecule has 1 atom stereocenters. The van der Waals surface area contributed by atoms with Crippen LogP contribution in [-0.4, -0.2) is 17.4 Å². The highest BCUT2D eigenvalue weighted by Gasteiger charge is 2.29. The number of rotatable bonds is 4. The summed E-state index contributed by atoms with van der Waals surface area (Å²) in [7, 11) is 0. The van der Waals surface area contributed by atoms with Gasteiger partial charge in [0.25, 0.3) is 0 Å². The van der Waals surface area contributed by atoms with Gasteiger partial charge < -0.3 is 11.1 Å². The number of pyridine rings is 1. The Kier molecular flexibility index (Phi) is 4.44. The predicted molar refractivity (Wildman–Crippen MR) is 68.0 cm³/mol. The second kappa shape index (κ2) is 5.41. The minimum Gasteiger partial charge on any atom is -0.329 e. The van der Waals surface area contributed by atoms with E-state index in [9.17, 15) is 4.79 Å². The third kappa shape index (κ3) is 2.80. The van der Waals surface area contributed by atoms with Gasteiger partial charge in [-0.2, -0.15) is 0 Å². The van der Waals surface area contributed by atoms with E-state index in [0.717, 1.165) is 0 Å². The molecule has 5 heteroatoms. The van der Waals surface area contributed by atoms with Crippen LogP contribution in [-0.2, 0) is 4.79 Å². The van der Waals surface area contributed by atoms with Crippen molar-refractivity contribution >= 4 is 27.5 Å². The largest absolute Gasteiger partial charge is 0.329 e. The van der Waals surface area contributed by atoms with Crippen LogP contribution in [0.25, 0.3) is 0 Å². The number of nitrogens with zero attached hydrogens (tertiary/aromatic N) is 1. The average molecular weight is 286 g/mol. The maximum Gasteiger partial charge on any atom is 0.231 e. The molecule has 1 heterocycles. The van der Waals surface area contributed by atoms with Crippen LogP contribution in [0, 0.1) is 5.41 Å². The fourth-order valence-electron chi connectivity index (χ4n) is 1.15. The van der Waals surface area contributed by atoms with Crippen molar-refractivity contribution < 1.29 is 4.79 Å². The Morgan fingerprint density at radius 1 is 1.69 bits per heavy atom. The molecule has 0 saturated carbocycles. The molecule has 3 N–H and O–H groups in total. The van der Waals surface area contributed by atoms with Gasteiger partial charge in [0.1, 0.15) is 4.60 Å². The van der Waals surface area contributed by atoms with Gasteiger partial charge in [-0.25, -0.2) is 4.98 Å². The van der Waals surface area contributed by atoms with Crippen LogP contribution < -0.4 is 11.1 Å². The van der Waals surface area contributed by atoms with Crippen LogP contribution in [0.1, 0.15) is 20.3 Å². The van der Waals surface area contributed by atoms with E-state index >= 15 is 0 Å². The number of hydrogen-bond donors (Lipinski definition) is 2. The Morgan fingerprint density at radius 2 is 2.38 bits per heavy atom. The van der Waals surface area contributed by atoms with Gasteiger partial charge in [-0.3, -0.25) is 4.79 Å². The summed E-state index contributed by atoms with van der Waals surface area (Å²) in [6, 6.07) is 3.56. The number of carbonyl (C=O) groups is 1. The van der Waals surface area contributed by atoms with Gasteiger partial charge in [-0.1, -0.05) is 6.92 Å². The van der Waals surface area contributed by atoms with E-state index in [-0.39, 0.29) is 5.91 Å². The summed E-state index contributed by atoms with van der Waals surface area (Å²) in [6.45, 7) is 4.13. The van der Waals surface area contributed by atoms with E-state index in [1.807, 2.05) is 13.8 Å². The Balaban J connectivity index is 2.83. The van der Waals surface area contributed by atoms with Crippen LogP contribution in [0.3, 0.4) is 0 Å². The standard InChI is InChI=1S/C11H16BrN3O/c1-3-11(2,7-13)10(16)15-8-5-4-6-14-9(8)12/h4-6H,3,7,13H2,1-2H3,(H,15,16). The summed E-state index contributed by atoms with van der Waals surface area (Å²) < 4.78 is 0.624. The molecule has 0 spiro atoms. The zero-order chi connectivity index (χ0) is 12.2. The summed E-state index contributed by atoms with van der Waals surface area (Å²) in [5, 5.41) is 2.82. The molecule has 0 saturated heterocycles. The lowest BCUT2D eigenvalue weighted by atomic mass is 9.86. The van der Waals surface area contributed by atoms with Gasteiger partial charge in [0, 0.05) is 12.7 Å². The maximum absolute atomic E-state index is 12.0. The molecular formula is C11H16BrN3O. The van der Waals surface area contributed by atoms with Gasteiger partial charge in [0.2, 0.25) is 5.91 Å². The molecule has 0 fully saturated rings. The molecule has 0 aromatic carbocycles. The number of anilines is 1. The van der Waals surface area contributed by atoms with E-state index in [1.54, 1.807) is 18.3 Å². The molecule has 1 amide bonds. The first kappa shape index (κ1) is 13.1. The Hall–Kier alpha value is -0.940. The molecule has 0 aliphatic heterocycles. The SMILES string of the molecule is CCC(C)(CN)C(=O)Nc1cccnc1Br. The molecular weight excluding hydrogens is 270 g/mol. The third-order valence-corrected chi connectivity index (χ3v) is 3.42. The molecule has 16 heavy (non-hydrogen) atoms. The van der Waals surface area contributed by atoms with E-state index < -0.39 is 5.41 Å². The van der Waals surface area contributed by atoms with Crippen molar-refractivity contribution in [2.75, 3.05) is 11.9 Å². The van der Waals surface area contributed by atoms with Crippen molar-refractivity contribution in [2.45, 2.75) is 20.3 Å². The van der Waals surface area contributed by atoms with Crippen molar-refractivity contribution in [2.24, 2.45) is 11.1 Å². The molecule has 1 aromatic rings. The van der Waals surface area contributed by atoms with E-state index in [4.69, 9.17) is 5.73 Å². The predicted octanol–water partition coefficient (Wildman–Crippen LogP) is 2.16. The Morgan fingerprint density at radius 3 is 2.88 bits per heavy atom. The molecule has 4 nitrogen and oxygen atoms in total. The zero-order valence-electron chi connectivity index (χ0n) is 9.46. The fraction of sp³-hybridized carbons (Fsp3) is 0.455. The number of aromatic nitrogens is 1. The summed E-state index contributed by atoms with van der Waals surface area (Å²) in [5.74, 6) is -0.0776. The van der Waals surface area contributed by atoms with E-state index in [2.05, 4.69) is 26.2 Å². The lowest BCUT2D eigenvalue weighted by Crippen LogP contribution is -2.39. The van der Waals surface area contributed by atoms with Crippen molar-refractivity contribution in [1.29, 1.82) is 0 Å². The highest BCUT2D eigenvalue weighted by atomic mass is 79.9. The molecule has 0 aliphatic rings. The van der Waals surface area contributed by atoms with Crippen LogP contribution in [0.15, 0.2) is 22.9 Å². The van der Waals surface area contributed by atoms with Crippen molar-refractivity contribution in [3.05, 3.63) is 22.9 Å². The second-order valence-corrected chi connectivity index (χ2v) is 4.67. The summed E-state index contributed by atoms with van der Waals surface area (Å²) in [6.07, 6.45) is 2.36. The van der Waals surface area contributed by atoms with Gasteiger partial charge in [-0.05, 0) is 41.4 Å². The highest BCUT2D eigenvalue weighted by molar-refractivity contribution is 9.10.